The molecule has 1 aliphatic rings. The molecule has 29 heavy (non-hydrogen) atoms. The van der Waals surface area contributed by atoms with Gasteiger partial charge in [-0.3, -0.25) is 4.79 Å². The Morgan fingerprint density at radius 2 is 1.86 bits per heavy atom. The van der Waals surface area contributed by atoms with Crippen LogP contribution in [0.25, 0.3) is 6.08 Å². The molecular formula is C23H23N3O3. The molecule has 2 aromatic rings. The van der Waals surface area contributed by atoms with Crippen molar-refractivity contribution in [2.75, 3.05) is 30.4 Å². The number of hydrogen-bond donors (Lipinski definition) is 0. The summed E-state index contributed by atoms with van der Waals surface area (Å²) >= 11 is 0. The lowest BCUT2D eigenvalue weighted by atomic mass is 10.1. The zero-order valence-corrected chi connectivity index (χ0v) is 16.8. The summed E-state index contributed by atoms with van der Waals surface area (Å²) < 4.78 is 5.30. The van der Waals surface area contributed by atoms with Gasteiger partial charge in [-0.1, -0.05) is 30.3 Å². The van der Waals surface area contributed by atoms with Gasteiger partial charge < -0.3 is 14.5 Å². The second-order valence-corrected chi connectivity index (χ2v) is 7.07. The monoisotopic (exact) mass is 389 g/mol. The first kappa shape index (κ1) is 20.2. The molecule has 0 bridgehead atoms. The first-order chi connectivity index (χ1) is 13.9. The Balaban J connectivity index is 1.69. The van der Waals surface area contributed by atoms with E-state index in [1.807, 2.05) is 73.6 Å². The zero-order valence-electron chi connectivity index (χ0n) is 16.8. The van der Waals surface area contributed by atoms with Gasteiger partial charge in [-0.15, -0.1) is 0 Å². The molecular weight excluding hydrogens is 366 g/mol. The Morgan fingerprint density at radius 1 is 1.17 bits per heavy atom. The predicted octanol–water partition coefficient (Wildman–Crippen LogP) is 3.18. The second-order valence-electron chi connectivity index (χ2n) is 7.07. The number of nitriles is 1. The van der Waals surface area contributed by atoms with Gasteiger partial charge in [-0.2, -0.15) is 5.26 Å². The number of fused-ring (bicyclic) bond motifs is 1. The number of para-hydroxylation sites is 1. The summed E-state index contributed by atoms with van der Waals surface area (Å²) in [5, 5.41) is 9.37. The molecule has 0 radical (unpaired) electrons. The SMILES string of the molecule is C[C@H](OC(=O)/C(C#N)=C/c1ccc(N(C)C)cc1)C(=O)N1CCc2ccccc21. The molecule has 0 fully saturated rings. The maximum atomic E-state index is 12.8. The highest BCUT2D eigenvalue weighted by Crippen LogP contribution is 2.28. The van der Waals surface area contributed by atoms with Crippen molar-refractivity contribution in [1.82, 2.24) is 0 Å². The average molecular weight is 389 g/mol. The largest absolute Gasteiger partial charge is 0.448 e. The number of nitrogens with zero attached hydrogens (tertiary/aromatic N) is 3. The zero-order chi connectivity index (χ0) is 21.0. The second kappa shape index (κ2) is 8.61. The van der Waals surface area contributed by atoms with E-state index in [4.69, 9.17) is 4.74 Å². The minimum Gasteiger partial charge on any atom is -0.448 e. The van der Waals surface area contributed by atoms with Crippen LogP contribution < -0.4 is 9.80 Å². The van der Waals surface area contributed by atoms with Crippen LogP contribution in [0.5, 0.6) is 0 Å². The third-order valence-electron chi connectivity index (χ3n) is 4.85. The first-order valence-corrected chi connectivity index (χ1v) is 9.40. The molecule has 0 saturated heterocycles. The molecule has 2 aromatic carbocycles. The number of amides is 1. The molecule has 0 aliphatic carbocycles. The van der Waals surface area contributed by atoms with E-state index in [2.05, 4.69) is 0 Å². The van der Waals surface area contributed by atoms with E-state index in [9.17, 15) is 14.9 Å². The molecule has 0 unspecified atom stereocenters. The highest BCUT2D eigenvalue weighted by molar-refractivity contribution is 6.02. The van der Waals surface area contributed by atoms with Crippen molar-refractivity contribution in [1.29, 1.82) is 5.26 Å². The van der Waals surface area contributed by atoms with Gasteiger partial charge in [0.05, 0.1) is 0 Å². The van der Waals surface area contributed by atoms with E-state index in [0.29, 0.717) is 12.1 Å². The Bertz CT molecular complexity index is 987. The third kappa shape index (κ3) is 4.46. The number of esters is 1. The van der Waals surface area contributed by atoms with Gasteiger partial charge in [0.1, 0.15) is 11.6 Å². The van der Waals surface area contributed by atoms with Crippen molar-refractivity contribution in [3.05, 3.63) is 65.2 Å². The molecule has 3 rings (SSSR count). The summed E-state index contributed by atoms with van der Waals surface area (Å²) in [6.07, 6.45) is 1.25. The average Bonchev–Trinajstić information content (AvgIpc) is 3.15. The fourth-order valence-electron chi connectivity index (χ4n) is 3.23. The standard InChI is InChI=1S/C23H23N3O3/c1-16(22(27)26-13-12-18-6-4-5-7-21(18)26)29-23(28)19(15-24)14-17-8-10-20(11-9-17)25(2)3/h4-11,14,16H,12-13H2,1-3H3/b19-14+/t16-/m0/s1. The Morgan fingerprint density at radius 3 is 2.52 bits per heavy atom. The van der Waals surface area contributed by atoms with Gasteiger partial charge >= 0.3 is 5.97 Å². The minimum atomic E-state index is -0.985. The molecule has 0 aromatic heterocycles. The normalized spacial score (nSPS) is 14.0. The highest BCUT2D eigenvalue weighted by Gasteiger charge is 2.30. The lowest BCUT2D eigenvalue weighted by Crippen LogP contribution is -2.39. The van der Waals surface area contributed by atoms with Gasteiger partial charge in [0.25, 0.3) is 5.91 Å². The van der Waals surface area contributed by atoms with E-state index in [0.717, 1.165) is 23.4 Å². The summed E-state index contributed by atoms with van der Waals surface area (Å²) in [5.74, 6) is -1.10. The quantitative estimate of drug-likeness (QED) is 0.446. The molecule has 6 heteroatoms. The van der Waals surface area contributed by atoms with Crippen LogP contribution in [0.1, 0.15) is 18.1 Å². The van der Waals surface area contributed by atoms with Crippen LogP contribution in [0.3, 0.4) is 0 Å². The Kier molecular flexibility index (Phi) is 5.99. The fourth-order valence-corrected chi connectivity index (χ4v) is 3.23. The summed E-state index contributed by atoms with van der Waals surface area (Å²) in [7, 11) is 3.86. The van der Waals surface area contributed by atoms with Gasteiger partial charge in [0, 0.05) is 32.0 Å². The molecule has 6 nitrogen and oxygen atoms in total. The summed E-state index contributed by atoms with van der Waals surface area (Å²) in [6.45, 7) is 2.08. The molecule has 1 heterocycles. The van der Waals surface area contributed by atoms with E-state index in [-0.39, 0.29) is 11.5 Å². The van der Waals surface area contributed by atoms with Gasteiger partial charge in [0.2, 0.25) is 0 Å². The van der Waals surface area contributed by atoms with Crippen LogP contribution in [-0.4, -0.2) is 38.6 Å². The van der Waals surface area contributed by atoms with Crippen molar-refractivity contribution < 1.29 is 14.3 Å². The molecule has 1 aliphatic heterocycles. The topological polar surface area (TPSA) is 73.6 Å². The first-order valence-electron chi connectivity index (χ1n) is 9.40. The van der Waals surface area contributed by atoms with Crippen LogP contribution >= 0.6 is 0 Å². The number of rotatable bonds is 5. The number of carbonyl (C=O) groups is 2. The van der Waals surface area contributed by atoms with Crippen molar-refractivity contribution in [3.8, 4) is 6.07 Å². The van der Waals surface area contributed by atoms with E-state index >= 15 is 0 Å². The summed E-state index contributed by atoms with van der Waals surface area (Å²) in [4.78, 5) is 28.8. The number of anilines is 2. The Hall–Kier alpha value is -3.59. The van der Waals surface area contributed by atoms with E-state index in [1.165, 1.54) is 13.0 Å². The van der Waals surface area contributed by atoms with Gasteiger partial charge in [-0.25, -0.2) is 4.79 Å². The van der Waals surface area contributed by atoms with Crippen molar-refractivity contribution in [2.45, 2.75) is 19.4 Å². The van der Waals surface area contributed by atoms with E-state index < -0.39 is 12.1 Å². The molecule has 0 spiro atoms. The predicted molar refractivity (Wildman–Crippen MR) is 112 cm³/mol. The number of ether oxygens (including phenoxy) is 1. The van der Waals surface area contributed by atoms with Crippen molar-refractivity contribution >= 4 is 29.3 Å². The van der Waals surface area contributed by atoms with Crippen LogP contribution in [0.15, 0.2) is 54.1 Å². The minimum absolute atomic E-state index is 0.149. The van der Waals surface area contributed by atoms with Crippen LogP contribution in [-0.2, 0) is 20.7 Å². The molecule has 0 saturated carbocycles. The van der Waals surface area contributed by atoms with Crippen LogP contribution in [0.2, 0.25) is 0 Å². The van der Waals surface area contributed by atoms with E-state index in [1.54, 1.807) is 4.90 Å². The maximum Gasteiger partial charge on any atom is 0.349 e. The van der Waals surface area contributed by atoms with Gasteiger partial charge in [-0.05, 0) is 48.7 Å². The highest BCUT2D eigenvalue weighted by atomic mass is 16.5. The summed E-state index contributed by atoms with van der Waals surface area (Å²) in [6, 6.07) is 17.0. The summed E-state index contributed by atoms with van der Waals surface area (Å²) in [5.41, 5.74) is 3.50. The maximum absolute atomic E-state index is 12.8. The Labute approximate surface area is 170 Å². The lowest BCUT2D eigenvalue weighted by Gasteiger charge is -2.21. The number of benzene rings is 2. The smallest absolute Gasteiger partial charge is 0.349 e. The third-order valence-corrected chi connectivity index (χ3v) is 4.85. The lowest BCUT2D eigenvalue weighted by molar-refractivity contribution is -0.149. The number of hydrogen-bond acceptors (Lipinski definition) is 5. The molecule has 1 amide bonds. The molecule has 1 atom stereocenters. The number of carbonyl (C=O) groups excluding carboxylic acids is 2. The van der Waals surface area contributed by atoms with Crippen LogP contribution in [0.4, 0.5) is 11.4 Å². The van der Waals surface area contributed by atoms with Gasteiger partial charge in [0.15, 0.2) is 6.10 Å². The van der Waals surface area contributed by atoms with Crippen molar-refractivity contribution in [3.63, 3.8) is 0 Å². The molecule has 148 valence electrons. The molecule has 0 N–H and O–H groups in total. The fraction of sp³-hybridized carbons (Fsp3) is 0.261. The van der Waals surface area contributed by atoms with Crippen molar-refractivity contribution in [2.24, 2.45) is 0 Å². The van der Waals surface area contributed by atoms with Crippen LogP contribution in [0, 0.1) is 11.3 Å².